The summed E-state index contributed by atoms with van der Waals surface area (Å²) in [6, 6.07) is 7.20. The summed E-state index contributed by atoms with van der Waals surface area (Å²) in [6.45, 7) is 3.86. The van der Waals surface area contributed by atoms with E-state index in [0.29, 0.717) is 6.04 Å². The molecule has 0 heterocycles. The highest BCUT2D eigenvalue weighted by atomic mass is 19.1. The van der Waals surface area contributed by atoms with Crippen LogP contribution in [-0.2, 0) is 11.2 Å². The first-order valence-corrected chi connectivity index (χ1v) is 6.23. The zero-order valence-corrected chi connectivity index (χ0v) is 10.7. The van der Waals surface area contributed by atoms with Gasteiger partial charge in [-0.1, -0.05) is 19.1 Å². The van der Waals surface area contributed by atoms with E-state index in [1.165, 1.54) is 17.7 Å². The minimum absolute atomic E-state index is 0.173. The molecular formula is C14H22FNO. The van der Waals surface area contributed by atoms with Crippen molar-refractivity contribution in [2.45, 2.75) is 32.2 Å². The summed E-state index contributed by atoms with van der Waals surface area (Å²) >= 11 is 0. The van der Waals surface area contributed by atoms with Gasteiger partial charge in [0.25, 0.3) is 0 Å². The van der Waals surface area contributed by atoms with Crippen LogP contribution in [0, 0.1) is 5.82 Å². The molecule has 1 aromatic rings. The SMILES string of the molecule is CCNC(CCCOC)Cc1ccc(F)cc1. The van der Waals surface area contributed by atoms with Crippen LogP contribution in [0.4, 0.5) is 4.39 Å². The van der Waals surface area contributed by atoms with Crippen LogP contribution in [0.15, 0.2) is 24.3 Å². The average molecular weight is 239 g/mol. The number of likely N-dealkylation sites (N-methyl/N-ethyl adjacent to an activating group) is 1. The molecule has 0 aliphatic rings. The first-order valence-electron chi connectivity index (χ1n) is 6.23. The summed E-state index contributed by atoms with van der Waals surface area (Å²) in [4.78, 5) is 0. The summed E-state index contributed by atoms with van der Waals surface area (Å²) in [5.74, 6) is -0.173. The Kier molecular flexibility index (Phi) is 6.82. The lowest BCUT2D eigenvalue weighted by atomic mass is 10.0. The Bertz CT molecular complexity index is 300. The second kappa shape index (κ2) is 8.20. The van der Waals surface area contributed by atoms with Crippen LogP contribution in [0.5, 0.6) is 0 Å². The van der Waals surface area contributed by atoms with Crippen LogP contribution in [0.1, 0.15) is 25.3 Å². The van der Waals surface area contributed by atoms with E-state index < -0.39 is 0 Å². The molecule has 2 nitrogen and oxygen atoms in total. The molecule has 0 saturated carbocycles. The minimum atomic E-state index is -0.173. The molecule has 96 valence electrons. The highest BCUT2D eigenvalue weighted by molar-refractivity contribution is 5.17. The number of halogens is 1. The Hall–Kier alpha value is -0.930. The van der Waals surface area contributed by atoms with Gasteiger partial charge >= 0.3 is 0 Å². The minimum Gasteiger partial charge on any atom is -0.385 e. The maximum Gasteiger partial charge on any atom is 0.123 e. The molecule has 0 aliphatic heterocycles. The van der Waals surface area contributed by atoms with E-state index >= 15 is 0 Å². The molecule has 1 aromatic carbocycles. The Morgan fingerprint density at radius 1 is 1.29 bits per heavy atom. The van der Waals surface area contributed by atoms with Gasteiger partial charge in [-0.2, -0.15) is 0 Å². The van der Waals surface area contributed by atoms with Crippen molar-refractivity contribution in [1.29, 1.82) is 0 Å². The average Bonchev–Trinajstić information content (AvgIpc) is 2.32. The number of nitrogens with one attached hydrogen (secondary N) is 1. The van der Waals surface area contributed by atoms with Gasteiger partial charge in [0.1, 0.15) is 5.82 Å². The van der Waals surface area contributed by atoms with Gasteiger partial charge < -0.3 is 10.1 Å². The Morgan fingerprint density at radius 3 is 2.59 bits per heavy atom. The smallest absolute Gasteiger partial charge is 0.123 e. The number of hydrogen-bond donors (Lipinski definition) is 1. The lowest BCUT2D eigenvalue weighted by Crippen LogP contribution is -2.31. The van der Waals surface area contributed by atoms with Gasteiger partial charge in [-0.3, -0.25) is 0 Å². The third-order valence-electron chi connectivity index (χ3n) is 2.79. The van der Waals surface area contributed by atoms with E-state index in [4.69, 9.17) is 4.74 Å². The molecule has 0 aliphatic carbocycles. The fourth-order valence-corrected chi connectivity index (χ4v) is 1.94. The monoisotopic (exact) mass is 239 g/mol. The van der Waals surface area contributed by atoms with Crippen LogP contribution < -0.4 is 5.32 Å². The molecular weight excluding hydrogens is 217 g/mol. The molecule has 17 heavy (non-hydrogen) atoms. The van der Waals surface area contributed by atoms with Crippen molar-refractivity contribution in [1.82, 2.24) is 5.32 Å². The van der Waals surface area contributed by atoms with Gasteiger partial charge in [-0.25, -0.2) is 4.39 Å². The first kappa shape index (κ1) is 14.1. The molecule has 0 saturated heterocycles. The third kappa shape index (κ3) is 5.80. The second-order valence-corrected chi connectivity index (χ2v) is 4.22. The van der Waals surface area contributed by atoms with Crippen molar-refractivity contribution in [2.75, 3.05) is 20.3 Å². The quantitative estimate of drug-likeness (QED) is 0.704. The summed E-state index contributed by atoms with van der Waals surface area (Å²) in [5.41, 5.74) is 1.18. The molecule has 0 amide bonds. The van der Waals surface area contributed by atoms with Gasteiger partial charge in [0.05, 0.1) is 0 Å². The van der Waals surface area contributed by atoms with Crippen molar-refractivity contribution in [3.8, 4) is 0 Å². The van der Waals surface area contributed by atoms with Crippen LogP contribution in [0.25, 0.3) is 0 Å². The topological polar surface area (TPSA) is 21.3 Å². The number of benzene rings is 1. The van der Waals surface area contributed by atoms with Gasteiger partial charge in [-0.15, -0.1) is 0 Å². The van der Waals surface area contributed by atoms with Crippen molar-refractivity contribution in [3.05, 3.63) is 35.6 Å². The van der Waals surface area contributed by atoms with Gasteiger partial charge in [0.2, 0.25) is 0 Å². The second-order valence-electron chi connectivity index (χ2n) is 4.22. The van der Waals surface area contributed by atoms with Crippen LogP contribution >= 0.6 is 0 Å². The van der Waals surface area contributed by atoms with Crippen LogP contribution in [0.2, 0.25) is 0 Å². The molecule has 0 spiro atoms. The molecule has 3 heteroatoms. The highest BCUT2D eigenvalue weighted by Gasteiger charge is 2.08. The lowest BCUT2D eigenvalue weighted by molar-refractivity contribution is 0.188. The lowest BCUT2D eigenvalue weighted by Gasteiger charge is -2.17. The molecule has 1 N–H and O–H groups in total. The van der Waals surface area contributed by atoms with E-state index in [-0.39, 0.29) is 5.82 Å². The molecule has 1 atom stereocenters. The Labute approximate surface area is 103 Å². The van der Waals surface area contributed by atoms with Crippen molar-refractivity contribution >= 4 is 0 Å². The number of hydrogen-bond acceptors (Lipinski definition) is 2. The van der Waals surface area contributed by atoms with E-state index in [9.17, 15) is 4.39 Å². The summed E-state index contributed by atoms with van der Waals surface area (Å²) in [5, 5.41) is 3.46. The van der Waals surface area contributed by atoms with E-state index in [1.54, 1.807) is 7.11 Å². The third-order valence-corrected chi connectivity index (χ3v) is 2.79. The number of methoxy groups -OCH3 is 1. The fraction of sp³-hybridized carbons (Fsp3) is 0.571. The van der Waals surface area contributed by atoms with Gasteiger partial charge in [0.15, 0.2) is 0 Å². The summed E-state index contributed by atoms with van der Waals surface area (Å²) in [6.07, 6.45) is 3.08. The Balaban J connectivity index is 2.44. The molecule has 1 unspecified atom stereocenters. The van der Waals surface area contributed by atoms with Crippen molar-refractivity contribution in [2.24, 2.45) is 0 Å². The van der Waals surface area contributed by atoms with Gasteiger partial charge in [0, 0.05) is 19.8 Å². The highest BCUT2D eigenvalue weighted by Crippen LogP contribution is 2.09. The van der Waals surface area contributed by atoms with E-state index in [1.807, 2.05) is 12.1 Å². The zero-order chi connectivity index (χ0) is 12.5. The zero-order valence-electron chi connectivity index (χ0n) is 10.7. The summed E-state index contributed by atoms with van der Waals surface area (Å²) < 4.78 is 17.8. The molecule has 0 radical (unpaired) electrons. The molecule has 0 bridgehead atoms. The number of ether oxygens (including phenoxy) is 1. The fourth-order valence-electron chi connectivity index (χ4n) is 1.94. The van der Waals surface area contributed by atoms with Crippen LogP contribution in [-0.4, -0.2) is 26.3 Å². The van der Waals surface area contributed by atoms with E-state index in [2.05, 4.69) is 12.2 Å². The normalized spacial score (nSPS) is 12.6. The predicted molar refractivity (Wildman–Crippen MR) is 68.7 cm³/mol. The molecule has 1 rings (SSSR count). The van der Waals surface area contributed by atoms with Crippen LogP contribution in [0.3, 0.4) is 0 Å². The largest absolute Gasteiger partial charge is 0.385 e. The first-order chi connectivity index (χ1) is 8.26. The maximum atomic E-state index is 12.8. The van der Waals surface area contributed by atoms with Crippen molar-refractivity contribution in [3.63, 3.8) is 0 Å². The molecule has 0 aromatic heterocycles. The Morgan fingerprint density at radius 2 is 2.00 bits per heavy atom. The standard InChI is InChI=1S/C14H22FNO/c1-3-16-14(5-4-10-17-2)11-12-6-8-13(15)9-7-12/h6-9,14,16H,3-5,10-11H2,1-2H3. The predicted octanol–water partition coefficient (Wildman–Crippen LogP) is 2.77. The molecule has 0 fully saturated rings. The summed E-state index contributed by atoms with van der Waals surface area (Å²) in [7, 11) is 1.72. The van der Waals surface area contributed by atoms with Gasteiger partial charge in [-0.05, 0) is 43.5 Å². The van der Waals surface area contributed by atoms with E-state index in [0.717, 1.165) is 32.4 Å². The number of rotatable bonds is 8. The maximum absolute atomic E-state index is 12.8. The van der Waals surface area contributed by atoms with Crippen molar-refractivity contribution < 1.29 is 9.13 Å².